The van der Waals surface area contributed by atoms with Gasteiger partial charge in [-0.15, -0.1) is 0 Å². The number of anilines is 1. The minimum Gasteiger partial charge on any atom is -0.489 e. The van der Waals surface area contributed by atoms with Crippen molar-refractivity contribution in [2.24, 2.45) is 5.92 Å². The SMILES string of the molecule is CC(C)CNC(=O)[C@@H](Cc1ccccc1)N(Cc1ccc(Br)cc1)C(=O)CN(c1ccc(OCc2ccccc2)cc1)S(C)(=O)=O. The second-order valence-electron chi connectivity index (χ2n) is 11.5. The van der Waals surface area contributed by atoms with Gasteiger partial charge in [-0.3, -0.25) is 13.9 Å². The Morgan fingerprint density at radius 1 is 0.804 bits per heavy atom. The van der Waals surface area contributed by atoms with E-state index in [2.05, 4.69) is 21.2 Å². The minimum absolute atomic E-state index is 0.114. The normalized spacial score (nSPS) is 11.9. The van der Waals surface area contributed by atoms with Crippen LogP contribution in [0, 0.1) is 5.92 Å². The second-order valence-corrected chi connectivity index (χ2v) is 14.4. The average Bonchev–Trinajstić information content (AvgIpc) is 3.04. The van der Waals surface area contributed by atoms with Gasteiger partial charge in [-0.05, 0) is 59.0 Å². The number of nitrogens with one attached hydrogen (secondary N) is 1. The van der Waals surface area contributed by atoms with E-state index >= 15 is 0 Å². The molecule has 0 radical (unpaired) electrons. The standard InChI is InChI=1S/C36H40BrN3O5S/c1-27(2)23-38-36(42)34(22-28-10-6-4-7-11-28)39(24-29-14-16-31(37)17-15-29)35(41)25-40(46(3,43)44)32-18-20-33(21-19-32)45-26-30-12-8-5-9-13-30/h4-21,27,34H,22-26H2,1-3H3,(H,38,42)/t34-/m1/s1. The Kier molecular flexibility index (Phi) is 12.4. The third-order valence-electron chi connectivity index (χ3n) is 7.27. The molecule has 8 nitrogen and oxygen atoms in total. The van der Waals surface area contributed by atoms with Crippen LogP contribution in [0.5, 0.6) is 5.75 Å². The molecule has 0 aliphatic rings. The van der Waals surface area contributed by atoms with E-state index in [1.165, 1.54) is 4.90 Å². The van der Waals surface area contributed by atoms with Gasteiger partial charge in [0.15, 0.2) is 0 Å². The third kappa shape index (κ3) is 10.5. The molecule has 0 fully saturated rings. The van der Waals surface area contributed by atoms with Crippen molar-refractivity contribution < 1.29 is 22.7 Å². The molecular weight excluding hydrogens is 666 g/mol. The lowest BCUT2D eigenvalue weighted by Crippen LogP contribution is -2.53. The molecule has 0 spiro atoms. The molecule has 2 amide bonds. The Morgan fingerprint density at radius 3 is 1.96 bits per heavy atom. The van der Waals surface area contributed by atoms with E-state index in [4.69, 9.17) is 4.74 Å². The van der Waals surface area contributed by atoms with Crippen molar-refractivity contribution in [2.45, 2.75) is 39.5 Å². The largest absolute Gasteiger partial charge is 0.489 e. The number of hydrogen-bond acceptors (Lipinski definition) is 5. The van der Waals surface area contributed by atoms with E-state index in [9.17, 15) is 18.0 Å². The lowest BCUT2D eigenvalue weighted by molar-refractivity contribution is -0.140. The molecule has 0 aromatic heterocycles. The van der Waals surface area contributed by atoms with Gasteiger partial charge in [-0.25, -0.2) is 8.42 Å². The highest BCUT2D eigenvalue weighted by atomic mass is 79.9. The predicted octanol–water partition coefficient (Wildman–Crippen LogP) is 6.21. The fraction of sp³-hybridized carbons (Fsp3) is 0.278. The molecule has 0 saturated carbocycles. The van der Waals surface area contributed by atoms with E-state index in [1.807, 2.05) is 98.8 Å². The molecule has 0 bridgehead atoms. The van der Waals surface area contributed by atoms with Crippen molar-refractivity contribution in [3.05, 3.63) is 130 Å². The van der Waals surface area contributed by atoms with Crippen LogP contribution in [0.15, 0.2) is 114 Å². The zero-order valence-electron chi connectivity index (χ0n) is 26.3. The maximum Gasteiger partial charge on any atom is 0.244 e. The first-order valence-electron chi connectivity index (χ1n) is 15.1. The van der Waals surface area contributed by atoms with Gasteiger partial charge >= 0.3 is 0 Å². The van der Waals surface area contributed by atoms with Crippen LogP contribution >= 0.6 is 15.9 Å². The lowest BCUT2D eigenvalue weighted by atomic mass is 10.0. The quantitative estimate of drug-likeness (QED) is 0.159. The monoisotopic (exact) mass is 705 g/mol. The van der Waals surface area contributed by atoms with E-state index in [1.54, 1.807) is 24.3 Å². The van der Waals surface area contributed by atoms with Crippen LogP contribution < -0.4 is 14.4 Å². The molecule has 1 atom stereocenters. The Hall–Kier alpha value is -4.15. The molecule has 0 aliphatic heterocycles. The van der Waals surface area contributed by atoms with Gasteiger partial charge in [0.2, 0.25) is 21.8 Å². The van der Waals surface area contributed by atoms with Crippen LogP contribution in [0.2, 0.25) is 0 Å². The fourth-order valence-corrected chi connectivity index (χ4v) is 5.94. The summed E-state index contributed by atoms with van der Waals surface area (Å²) >= 11 is 3.45. The summed E-state index contributed by atoms with van der Waals surface area (Å²) in [6.45, 7) is 4.43. The fourth-order valence-electron chi connectivity index (χ4n) is 4.83. The first-order chi connectivity index (χ1) is 22.0. The third-order valence-corrected chi connectivity index (χ3v) is 8.94. The molecule has 1 N–H and O–H groups in total. The summed E-state index contributed by atoms with van der Waals surface area (Å²) < 4.78 is 34.0. The number of amides is 2. The highest BCUT2D eigenvalue weighted by molar-refractivity contribution is 9.10. The molecule has 0 unspecified atom stereocenters. The van der Waals surface area contributed by atoms with Gasteiger partial charge in [-0.1, -0.05) is 103 Å². The maximum absolute atomic E-state index is 14.3. The van der Waals surface area contributed by atoms with Crippen molar-refractivity contribution in [1.82, 2.24) is 10.2 Å². The van der Waals surface area contributed by atoms with Crippen LogP contribution in [0.3, 0.4) is 0 Å². The molecule has 0 aliphatic carbocycles. The first-order valence-corrected chi connectivity index (χ1v) is 17.7. The maximum atomic E-state index is 14.3. The molecule has 242 valence electrons. The summed E-state index contributed by atoms with van der Waals surface area (Å²) in [6, 6.07) is 32.4. The topological polar surface area (TPSA) is 96.0 Å². The van der Waals surface area contributed by atoms with Gasteiger partial charge in [0.05, 0.1) is 11.9 Å². The average molecular weight is 707 g/mol. The smallest absolute Gasteiger partial charge is 0.244 e. The van der Waals surface area contributed by atoms with Crippen molar-refractivity contribution >= 4 is 43.5 Å². The summed E-state index contributed by atoms with van der Waals surface area (Å²) in [7, 11) is -3.88. The van der Waals surface area contributed by atoms with Gasteiger partial charge < -0.3 is 15.0 Å². The van der Waals surface area contributed by atoms with Crippen LogP contribution in [-0.2, 0) is 39.2 Å². The van der Waals surface area contributed by atoms with Crippen molar-refractivity contribution in [2.75, 3.05) is 23.7 Å². The second kappa shape index (κ2) is 16.4. The Labute approximate surface area is 280 Å². The first kappa shape index (κ1) is 34.7. The van der Waals surface area contributed by atoms with E-state index in [-0.39, 0.29) is 24.8 Å². The Morgan fingerprint density at radius 2 is 1.39 bits per heavy atom. The van der Waals surface area contributed by atoms with E-state index in [0.29, 0.717) is 24.6 Å². The summed E-state index contributed by atoms with van der Waals surface area (Å²) in [6.07, 6.45) is 1.33. The molecule has 0 heterocycles. The van der Waals surface area contributed by atoms with Gasteiger partial charge in [0.25, 0.3) is 0 Å². The highest BCUT2D eigenvalue weighted by Crippen LogP contribution is 2.24. The molecule has 4 aromatic rings. The summed E-state index contributed by atoms with van der Waals surface area (Å²) in [5.74, 6) is -0.0291. The summed E-state index contributed by atoms with van der Waals surface area (Å²) in [5, 5.41) is 2.99. The zero-order valence-corrected chi connectivity index (χ0v) is 28.7. The zero-order chi connectivity index (χ0) is 33.1. The van der Waals surface area contributed by atoms with E-state index < -0.39 is 28.5 Å². The van der Waals surface area contributed by atoms with Crippen molar-refractivity contribution in [3.8, 4) is 5.75 Å². The van der Waals surface area contributed by atoms with Crippen LogP contribution in [-0.4, -0.2) is 50.5 Å². The molecule has 4 aromatic carbocycles. The van der Waals surface area contributed by atoms with Crippen molar-refractivity contribution in [3.63, 3.8) is 0 Å². The highest BCUT2D eigenvalue weighted by Gasteiger charge is 2.33. The number of carbonyl (C=O) groups is 2. The van der Waals surface area contributed by atoms with Gasteiger partial charge in [0.1, 0.15) is 24.9 Å². The van der Waals surface area contributed by atoms with Crippen LogP contribution in [0.25, 0.3) is 0 Å². The molecule has 4 rings (SSSR count). The minimum atomic E-state index is -3.88. The number of ether oxygens (including phenoxy) is 1. The van der Waals surface area contributed by atoms with Crippen molar-refractivity contribution in [1.29, 1.82) is 0 Å². The molecule has 10 heteroatoms. The van der Waals surface area contributed by atoms with Crippen LogP contribution in [0.1, 0.15) is 30.5 Å². The van der Waals surface area contributed by atoms with Crippen LogP contribution in [0.4, 0.5) is 5.69 Å². The van der Waals surface area contributed by atoms with E-state index in [0.717, 1.165) is 31.7 Å². The molecule has 46 heavy (non-hydrogen) atoms. The lowest BCUT2D eigenvalue weighted by Gasteiger charge is -2.33. The summed E-state index contributed by atoms with van der Waals surface area (Å²) in [4.78, 5) is 29.5. The van der Waals surface area contributed by atoms with Gasteiger partial charge in [0, 0.05) is 24.0 Å². The number of halogens is 1. The number of rotatable bonds is 15. The number of hydrogen-bond donors (Lipinski definition) is 1. The number of nitrogens with zero attached hydrogens (tertiary/aromatic N) is 2. The number of sulfonamides is 1. The molecule has 0 saturated heterocycles. The number of carbonyl (C=O) groups excluding carboxylic acids is 2. The number of benzene rings is 4. The predicted molar refractivity (Wildman–Crippen MR) is 186 cm³/mol. The van der Waals surface area contributed by atoms with Gasteiger partial charge in [-0.2, -0.15) is 0 Å². The Bertz CT molecular complexity index is 1670. The molecular formula is C36H40BrN3O5S. The Balaban J connectivity index is 1.63. The summed E-state index contributed by atoms with van der Waals surface area (Å²) in [5.41, 5.74) is 3.00.